The second kappa shape index (κ2) is 9.29. The van der Waals surface area contributed by atoms with Gasteiger partial charge in [0.05, 0.1) is 17.6 Å². The molecule has 7 heteroatoms. The van der Waals surface area contributed by atoms with Crippen LogP contribution in [0.1, 0.15) is 26.3 Å². The van der Waals surface area contributed by atoms with E-state index >= 15 is 0 Å². The van der Waals surface area contributed by atoms with Crippen molar-refractivity contribution in [2.24, 2.45) is 0 Å². The minimum absolute atomic E-state index is 0.0451. The van der Waals surface area contributed by atoms with Crippen LogP contribution in [0.5, 0.6) is 11.5 Å². The van der Waals surface area contributed by atoms with Gasteiger partial charge in [0, 0.05) is 17.7 Å². The van der Waals surface area contributed by atoms with Gasteiger partial charge >= 0.3 is 5.97 Å². The Hall–Kier alpha value is -4.26. The van der Waals surface area contributed by atoms with Gasteiger partial charge in [0.1, 0.15) is 0 Å². The zero-order valence-electron chi connectivity index (χ0n) is 16.0. The van der Waals surface area contributed by atoms with Crippen molar-refractivity contribution in [1.29, 1.82) is 0 Å². The van der Waals surface area contributed by atoms with Crippen LogP contribution in [-0.4, -0.2) is 23.8 Å². The highest BCUT2D eigenvalue weighted by Crippen LogP contribution is 2.29. The number of nitrogens with zero attached hydrogens (tertiary/aromatic N) is 1. The fourth-order valence-electron chi connectivity index (χ4n) is 2.65. The molecule has 30 heavy (non-hydrogen) atoms. The third kappa shape index (κ3) is 4.96. The molecule has 0 aliphatic carbocycles. The van der Waals surface area contributed by atoms with E-state index in [1.54, 1.807) is 42.5 Å². The van der Waals surface area contributed by atoms with E-state index in [0.29, 0.717) is 11.1 Å². The van der Waals surface area contributed by atoms with Crippen LogP contribution < -0.4 is 9.47 Å². The number of hydrogen-bond acceptors (Lipinski definition) is 6. The Morgan fingerprint density at radius 1 is 0.900 bits per heavy atom. The van der Waals surface area contributed by atoms with Crippen molar-refractivity contribution < 1.29 is 24.0 Å². The molecule has 3 aromatic rings. The third-order valence-corrected chi connectivity index (χ3v) is 4.17. The molecule has 0 aliphatic rings. The molecular formula is C23H17NO6. The van der Waals surface area contributed by atoms with E-state index in [1.807, 2.05) is 6.07 Å². The predicted octanol–water partition coefficient (Wildman–Crippen LogP) is 4.72. The topological polar surface area (TPSA) is 95.7 Å². The molecule has 0 heterocycles. The predicted molar refractivity (Wildman–Crippen MR) is 111 cm³/mol. The lowest BCUT2D eigenvalue weighted by atomic mass is 10.1. The van der Waals surface area contributed by atoms with E-state index in [1.165, 1.54) is 37.5 Å². The van der Waals surface area contributed by atoms with Crippen LogP contribution in [0.4, 0.5) is 5.69 Å². The molecule has 0 spiro atoms. The number of allylic oxidation sites excluding steroid dienone is 1. The summed E-state index contributed by atoms with van der Waals surface area (Å²) >= 11 is 0. The van der Waals surface area contributed by atoms with E-state index in [0.717, 1.165) is 6.07 Å². The van der Waals surface area contributed by atoms with Gasteiger partial charge in [-0.05, 0) is 29.8 Å². The smallest absolute Gasteiger partial charge is 0.343 e. The lowest BCUT2D eigenvalue weighted by Gasteiger charge is -2.10. The second-order valence-electron chi connectivity index (χ2n) is 6.17. The van der Waals surface area contributed by atoms with Crippen LogP contribution in [0.15, 0.2) is 78.9 Å². The SMILES string of the molecule is COc1cc(/C=C/C(=O)c2ccccc2)ccc1OC(=O)c1cccc([N+](=O)[O-])c1. The van der Waals surface area contributed by atoms with Crippen molar-refractivity contribution in [3.63, 3.8) is 0 Å². The van der Waals surface area contributed by atoms with Crippen molar-refractivity contribution >= 4 is 23.5 Å². The number of methoxy groups -OCH3 is 1. The number of nitro benzene ring substituents is 1. The van der Waals surface area contributed by atoms with Crippen LogP contribution >= 0.6 is 0 Å². The fourth-order valence-corrected chi connectivity index (χ4v) is 2.65. The minimum atomic E-state index is -0.750. The van der Waals surface area contributed by atoms with Crippen molar-refractivity contribution in [3.05, 3.63) is 106 Å². The van der Waals surface area contributed by atoms with Crippen LogP contribution in [0.25, 0.3) is 6.08 Å². The van der Waals surface area contributed by atoms with Crippen LogP contribution in [0, 0.1) is 10.1 Å². The Labute approximate surface area is 172 Å². The second-order valence-corrected chi connectivity index (χ2v) is 6.17. The maximum absolute atomic E-state index is 12.4. The Kier molecular flexibility index (Phi) is 6.34. The molecule has 0 bridgehead atoms. The van der Waals surface area contributed by atoms with Gasteiger partial charge in [-0.2, -0.15) is 0 Å². The molecule has 7 nitrogen and oxygen atoms in total. The Morgan fingerprint density at radius 2 is 1.63 bits per heavy atom. The number of esters is 1. The number of rotatable bonds is 7. The molecule has 0 N–H and O–H groups in total. The molecule has 0 saturated carbocycles. The summed E-state index contributed by atoms with van der Waals surface area (Å²) in [7, 11) is 1.42. The first kappa shape index (κ1) is 20.5. The van der Waals surface area contributed by atoms with Crippen LogP contribution in [0.2, 0.25) is 0 Å². The molecule has 150 valence electrons. The van der Waals surface area contributed by atoms with Gasteiger partial charge in [-0.15, -0.1) is 0 Å². The normalized spacial score (nSPS) is 10.6. The van der Waals surface area contributed by atoms with Gasteiger partial charge in [-0.1, -0.05) is 48.5 Å². The Balaban J connectivity index is 1.76. The summed E-state index contributed by atoms with van der Waals surface area (Å²) in [5.74, 6) is -0.459. The molecule has 0 aromatic heterocycles. The number of nitro groups is 1. The number of hydrogen-bond donors (Lipinski definition) is 0. The molecule has 3 rings (SSSR count). The molecular weight excluding hydrogens is 386 g/mol. The quantitative estimate of drug-likeness (QED) is 0.141. The van der Waals surface area contributed by atoms with E-state index < -0.39 is 10.9 Å². The van der Waals surface area contributed by atoms with Gasteiger partial charge in [0.2, 0.25) is 0 Å². The van der Waals surface area contributed by atoms with Crippen molar-refractivity contribution in [2.75, 3.05) is 7.11 Å². The summed E-state index contributed by atoms with van der Waals surface area (Å²) in [6, 6.07) is 18.9. The Morgan fingerprint density at radius 3 is 2.33 bits per heavy atom. The highest BCUT2D eigenvalue weighted by Gasteiger charge is 2.16. The first-order chi connectivity index (χ1) is 14.5. The average Bonchev–Trinajstić information content (AvgIpc) is 2.78. The highest BCUT2D eigenvalue weighted by molar-refractivity contribution is 6.06. The van der Waals surface area contributed by atoms with E-state index in [2.05, 4.69) is 0 Å². The van der Waals surface area contributed by atoms with E-state index in [-0.39, 0.29) is 28.5 Å². The summed E-state index contributed by atoms with van der Waals surface area (Å²) < 4.78 is 10.6. The first-order valence-corrected chi connectivity index (χ1v) is 8.90. The summed E-state index contributed by atoms with van der Waals surface area (Å²) in [6.07, 6.45) is 3.07. The number of carbonyl (C=O) groups is 2. The molecule has 0 atom stereocenters. The molecule has 0 fully saturated rings. The summed E-state index contributed by atoms with van der Waals surface area (Å²) in [6.45, 7) is 0. The minimum Gasteiger partial charge on any atom is -0.493 e. The first-order valence-electron chi connectivity index (χ1n) is 8.90. The van der Waals surface area contributed by atoms with Gasteiger partial charge in [0.15, 0.2) is 17.3 Å². The molecule has 0 amide bonds. The van der Waals surface area contributed by atoms with Gasteiger partial charge < -0.3 is 9.47 Å². The zero-order chi connectivity index (χ0) is 21.5. The van der Waals surface area contributed by atoms with Crippen molar-refractivity contribution in [1.82, 2.24) is 0 Å². The van der Waals surface area contributed by atoms with Crippen LogP contribution in [-0.2, 0) is 0 Å². The number of carbonyl (C=O) groups excluding carboxylic acids is 2. The fraction of sp³-hybridized carbons (Fsp3) is 0.0435. The van der Waals surface area contributed by atoms with E-state index in [9.17, 15) is 19.7 Å². The molecule has 0 saturated heterocycles. The molecule has 0 radical (unpaired) electrons. The molecule has 0 aliphatic heterocycles. The maximum Gasteiger partial charge on any atom is 0.343 e. The number of non-ortho nitro benzene ring substituents is 1. The van der Waals surface area contributed by atoms with Crippen molar-refractivity contribution in [3.8, 4) is 11.5 Å². The third-order valence-electron chi connectivity index (χ3n) is 4.17. The molecule has 3 aromatic carbocycles. The average molecular weight is 403 g/mol. The number of ether oxygens (including phenoxy) is 2. The van der Waals surface area contributed by atoms with E-state index in [4.69, 9.17) is 9.47 Å². The largest absolute Gasteiger partial charge is 0.493 e. The monoisotopic (exact) mass is 403 g/mol. The van der Waals surface area contributed by atoms with Gasteiger partial charge in [-0.25, -0.2) is 4.79 Å². The zero-order valence-corrected chi connectivity index (χ0v) is 16.0. The van der Waals surface area contributed by atoms with Crippen LogP contribution in [0.3, 0.4) is 0 Å². The number of benzene rings is 3. The molecule has 0 unspecified atom stereocenters. The summed E-state index contributed by atoms with van der Waals surface area (Å²) in [4.78, 5) is 34.8. The van der Waals surface area contributed by atoms with Gasteiger partial charge in [0.25, 0.3) is 5.69 Å². The van der Waals surface area contributed by atoms with Gasteiger partial charge in [-0.3, -0.25) is 14.9 Å². The van der Waals surface area contributed by atoms with Crippen molar-refractivity contribution in [2.45, 2.75) is 0 Å². The highest BCUT2D eigenvalue weighted by atomic mass is 16.6. The summed E-state index contributed by atoms with van der Waals surface area (Å²) in [5.41, 5.74) is 1.08. The number of ketones is 1. The summed E-state index contributed by atoms with van der Waals surface area (Å²) in [5, 5.41) is 10.9. The lowest BCUT2D eigenvalue weighted by molar-refractivity contribution is -0.384. The maximum atomic E-state index is 12.4. The lowest BCUT2D eigenvalue weighted by Crippen LogP contribution is -2.09. The Bertz CT molecular complexity index is 1120. The standard InChI is InChI=1S/C23H17NO6/c1-29-22-14-16(10-12-20(25)17-6-3-2-4-7-17)11-13-21(22)30-23(26)18-8-5-9-19(15-18)24(27)28/h2-15H,1H3/b12-10+.